The smallest absolute Gasteiger partial charge is 0.248 e. The quantitative estimate of drug-likeness (QED) is 0.646. The maximum atomic E-state index is 12.4. The lowest BCUT2D eigenvalue weighted by atomic mass is 10.1. The molecule has 1 aromatic heterocycles. The molecule has 0 atom stereocenters. The third kappa shape index (κ3) is 3.66. The predicted molar refractivity (Wildman–Crippen MR) is 107 cm³/mol. The normalized spacial score (nSPS) is 15.1. The van der Waals surface area contributed by atoms with Gasteiger partial charge in [-0.25, -0.2) is 4.68 Å². The highest BCUT2D eigenvalue weighted by atomic mass is 35.5. The minimum absolute atomic E-state index is 0.142. The van der Waals surface area contributed by atoms with Gasteiger partial charge in [0.25, 0.3) is 0 Å². The largest absolute Gasteiger partial charge is 0.454 e. The van der Waals surface area contributed by atoms with Crippen molar-refractivity contribution in [3.05, 3.63) is 53.1 Å². The van der Waals surface area contributed by atoms with E-state index in [1.807, 2.05) is 28.9 Å². The Morgan fingerprint density at radius 1 is 1.24 bits per heavy atom. The summed E-state index contributed by atoms with van der Waals surface area (Å²) in [5.41, 5.74) is 2.25. The number of benzene rings is 2. The highest BCUT2D eigenvalue weighted by Crippen LogP contribution is 2.40. The molecule has 29 heavy (non-hydrogen) atoms. The zero-order valence-corrected chi connectivity index (χ0v) is 16.0. The molecule has 1 amide bonds. The summed E-state index contributed by atoms with van der Waals surface area (Å²) >= 11 is 6.17. The summed E-state index contributed by atoms with van der Waals surface area (Å²) in [5.74, 6) is 1.53. The molecule has 1 aliphatic carbocycles. The molecular formula is C20H16ClN5O3. The third-order valence-corrected chi connectivity index (χ3v) is 4.93. The molecule has 2 heterocycles. The van der Waals surface area contributed by atoms with Crippen LogP contribution in [-0.2, 0) is 4.79 Å². The van der Waals surface area contributed by atoms with Crippen molar-refractivity contribution in [3.8, 4) is 22.9 Å². The second kappa shape index (κ2) is 7.21. The summed E-state index contributed by atoms with van der Waals surface area (Å²) in [6.07, 6.45) is 5.28. The Labute approximate surface area is 171 Å². The number of hydrogen-bond donors (Lipinski definition) is 1. The number of tetrazole rings is 1. The van der Waals surface area contributed by atoms with E-state index in [4.69, 9.17) is 21.1 Å². The van der Waals surface area contributed by atoms with Crippen LogP contribution in [0.15, 0.2) is 42.5 Å². The molecule has 1 N–H and O–H groups in total. The standard InChI is InChI=1S/C20H16ClN5O3/c21-16-8-12(9-17-19(16)29-11-28-17)4-7-18(27)22-14-3-1-2-13(10-14)20-23-24-25-26(20)15-5-6-15/h1-4,7-10,15H,5-6,11H2,(H,22,27). The average Bonchev–Trinajstić information content (AvgIpc) is 3.24. The molecule has 0 spiro atoms. The van der Waals surface area contributed by atoms with Crippen LogP contribution >= 0.6 is 11.6 Å². The van der Waals surface area contributed by atoms with Crippen molar-refractivity contribution >= 4 is 29.3 Å². The van der Waals surface area contributed by atoms with E-state index < -0.39 is 0 Å². The van der Waals surface area contributed by atoms with Crippen LogP contribution in [0.3, 0.4) is 0 Å². The molecule has 0 bridgehead atoms. The molecular weight excluding hydrogens is 394 g/mol. The lowest BCUT2D eigenvalue weighted by molar-refractivity contribution is -0.111. The Kier molecular flexibility index (Phi) is 4.40. The van der Waals surface area contributed by atoms with Crippen LogP contribution in [0.25, 0.3) is 17.5 Å². The molecule has 5 rings (SSSR count). The molecule has 9 heteroatoms. The topological polar surface area (TPSA) is 91.2 Å². The second-order valence-electron chi connectivity index (χ2n) is 6.82. The predicted octanol–water partition coefficient (Wildman–Crippen LogP) is 3.71. The molecule has 8 nitrogen and oxygen atoms in total. The Morgan fingerprint density at radius 3 is 3.00 bits per heavy atom. The fourth-order valence-electron chi connectivity index (χ4n) is 3.12. The molecule has 3 aromatic rings. The lowest BCUT2D eigenvalue weighted by Gasteiger charge is -2.06. The fraction of sp³-hybridized carbons (Fsp3) is 0.200. The summed E-state index contributed by atoms with van der Waals surface area (Å²) in [6.45, 7) is 0.142. The molecule has 0 radical (unpaired) electrons. The van der Waals surface area contributed by atoms with E-state index >= 15 is 0 Å². The number of ether oxygens (including phenoxy) is 2. The number of nitrogens with zero attached hydrogens (tertiary/aromatic N) is 4. The Hall–Kier alpha value is -3.39. The van der Waals surface area contributed by atoms with E-state index in [9.17, 15) is 4.79 Å². The lowest BCUT2D eigenvalue weighted by Crippen LogP contribution is -2.08. The molecule has 2 aromatic carbocycles. The zero-order valence-electron chi connectivity index (χ0n) is 15.2. The van der Waals surface area contributed by atoms with Crippen molar-refractivity contribution < 1.29 is 14.3 Å². The second-order valence-corrected chi connectivity index (χ2v) is 7.23. The molecule has 1 aliphatic heterocycles. The minimum Gasteiger partial charge on any atom is -0.454 e. The summed E-state index contributed by atoms with van der Waals surface area (Å²) < 4.78 is 12.5. The van der Waals surface area contributed by atoms with Crippen LogP contribution < -0.4 is 14.8 Å². The van der Waals surface area contributed by atoms with Crippen molar-refractivity contribution in [2.45, 2.75) is 18.9 Å². The molecule has 0 unspecified atom stereocenters. The van der Waals surface area contributed by atoms with Gasteiger partial charge in [0.15, 0.2) is 17.3 Å². The maximum absolute atomic E-state index is 12.4. The van der Waals surface area contributed by atoms with Crippen molar-refractivity contribution in [2.24, 2.45) is 0 Å². The van der Waals surface area contributed by atoms with E-state index in [1.165, 1.54) is 6.08 Å². The van der Waals surface area contributed by atoms with E-state index in [0.717, 1.165) is 24.0 Å². The van der Waals surface area contributed by atoms with Gasteiger partial charge in [-0.2, -0.15) is 0 Å². The number of halogens is 1. The average molecular weight is 410 g/mol. The highest BCUT2D eigenvalue weighted by molar-refractivity contribution is 6.32. The van der Waals surface area contributed by atoms with Crippen LogP contribution in [0.5, 0.6) is 11.5 Å². The van der Waals surface area contributed by atoms with Gasteiger partial charge in [-0.3, -0.25) is 4.79 Å². The first-order valence-corrected chi connectivity index (χ1v) is 9.52. The summed E-state index contributed by atoms with van der Waals surface area (Å²) in [7, 11) is 0. The number of carbonyl (C=O) groups is 1. The van der Waals surface area contributed by atoms with Crippen LogP contribution in [0.4, 0.5) is 5.69 Å². The number of anilines is 1. The highest BCUT2D eigenvalue weighted by Gasteiger charge is 2.28. The van der Waals surface area contributed by atoms with Gasteiger partial charge in [0.1, 0.15) is 0 Å². The molecule has 1 saturated carbocycles. The van der Waals surface area contributed by atoms with Crippen LogP contribution in [0.1, 0.15) is 24.4 Å². The van der Waals surface area contributed by atoms with Crippen molar-refractivity contribution in [1.29, 1.82) is 0 Å². The van der Waals surface area contributed by atoms with Crippen molar-refractivity contribution in [2.75, 3.05) is 12.1 Å². The van der Waals surface area contributed by atoms with Gasteiger partial charge in [0.05, 0.1) is 11.1 Å². The molecule has 146 valence electrons. The first-order valence-electron chi connectivity index (χ1n) is 9.14. The number of carbonyl (C=O) groups excluding carboxylic acids is 1. The molecule has 1 fully saturated rings. The van der Waals surface area contributed by atoms with Gasteiger partial charge in [-0.15, -0.1) is 5.10 Å². The van der Waals surface area contributed by atoms with E-state index in [-0.39, 0.29) is 12.7 Å². The molecule has 0 saturated heterocycles. The number of nitrogens with one attached hydrogen (secondary N) is 1. The Morgan fingerprint density at radius 2 is 2.14 bits per heavy atom. The monoisotopic (exact) mass is 409 g/mol. The fourth-order valence-corrected chi connectivity index (χ4v) is 3.40. The van der Waals surface area contributed by atoms with Gasteiger partial charge < -0.3 is 14.8 Å². The minimum atomic E-state index is -0.266. The van der Waals surface area contributed by atoms with Gasteiger partial charge >= 0.3 is 0 Å². The third-order valence-electron chi connectivity index (χ3n) is 4.65. The van der Waals surface area contributed by atoms with Gasteiger partial charge in [-0.05, 0) is 59.2 Å². The van der Waals surface area contributed by atoms with Gasteiger partial charge in [-0.1, -0.05) is 23.7 Å². The number of fused-ring (bicyclic) bond motifs is 1. The Bertz CT molecular complexity index is 1120. The first kappa shape index (κ1) is 17.7. The van der Waals surface area contributed by atoms with E-state index in [0.29, 0.717) is 34.1 Å². The van der Waals surface area contributed by atoms with Crippen LogP contribution in [0.2, 0.25) is 5.02 Å². The summed E-state index contributed by atoms with van der Waals surface area (Å²) in [4.78, 5) is 12.4. The zero-order chi connectivity index (χ0) is 19.8. The maximum Gasteiger partial charge on any atom is 0.248 e. The Balaban J connectivity index is 1.30. The number of amides is 1. The van der Waals surface area contributed by atoms with Crippen LogP contribution in [0, 0.1) is 0 Å². The summed E-state index contributed by atoms with van der Waals surface area (Å²) in [6, 6.07) is 11.3. The first-order chi connectivity index (χ1) is 14.2. The molecule has 2 aliphatic rings. The number of aromatic nitrogens is 4. The summed E-state index contributed by atoms with van der Waals surface area (Å²) in [5, 5.41) is 15.3. The number of rotatable bonds is 5. The van der Waals surface area contributed by atoms with E-state index in [2.05, 4.69) is 20.8 Å². The van der Waals surface area contributed by atoms with Crippen LogP contribution in [-0.4, -0.2) is 32.9 Å². The van der Waals surface area contributed by atoms with E-state index in [1.54, 1.807) is 18.2 Å². The van der Waals surface area contributed by atoms with Crippen molar-refractivity contribution in [3.63, 3.8) is 0 Å². The van der Waals surface area contributed by atoms with Gasteiger partial charge in [0.2, 0.25) is 12.7 Å². The van der Waals surface area contributed by atoms with Gasteiger partial charge in [0, 0.05) is 17.3 Å². The van der Waals surface area contributed by atoms with Crippen molar-refractivity contribution in [1.82, 2.24) is 20.2 Å². The SMILES string of the molecule is O=C(C=Cc1cc(Cl)c2c(c1)OCO2)Nc1cccc(-c2nnnn2C2CC2)c1. The number of hydrogen-bond acceptors (Lipinski definition) is 6.